The van der Waals surface area contributed by atoms with Crippen LogP contribution in [0.5, 0.6) is 0 Å². The number of nitrogens with zero attached hydrogens (tertiary/aromatic N) is 3. The van der Waals surface area contributed by atoms with Crippen LogP contribution in [-0.2, 0) is 12.5 Å². The van der Waals surface area contributed by atoms with E-state index in [1.54, 1.807) is 10.9 Å². The van der Waals surface area contributed by atoms with Crippen molar-refractivity contribution in [1.82, 2.24) is 15.0 Å². The highest BCUT2D eigenvalue weighted by Crippen LogP contribution is 2.24. The molecular weight excluding hydrogens is 152 g/mol. The molecule has 0 atom stereocenters. The first-order chi connectivity index (χ1) is 5.58. The Morgan fingerprint density at radius 3 is 2.67 bits per heavy atom. The fourth-order valence-electron chi connectivity index (χ4n) is 1.39. The first-order valence-electron chi connectivity index (χ1n) is 4.13. The van der Waals surface area contributed by atoms with Gasteiger partial charge in [-0.05, 0) is 13.0 Å². The summed E-state index contributed by atoms with van der Waals surface area (Å²) in [5.74, 6) is 0. The van der Waals surface area contributed by atoms with Crippen LogP contribution < -0.4 is 5.73 Å². The highest BCUT2D eigenvalue weighted by molar-refractivity contribution is 5.09. The molecule has 2 N–H and O–H groups in total. The Morgan fingerprint density at radius 1 is 1.58 bits per heavy atom. The fraction of sp³-hybridized carbons (Fsp3) is 0.750. The van der Waals surface area contributed by atoms with Crippen molar-refractivity contribution in [3.05, 3.63) is 11.9 Å². The minimum absolute atomic E-state index is 0.0764. The predicted octanol–water partition coefficient (Wildman–Crippen LogP) is 0.442. The molecule has 0 fully saturated rings. The number of aryl methyl sites for hydroxylation is 1. The van der Waals surface area contributed by atoms with E-state index in [4.69, 9.17) is 5.73 Å². The fourth-order valence-corrected chi connectivity index (χ4v) is 1.39. The van der Waals surface area contributed by atoms with Crippen molar-refractivity contribution in [3.63, 3.8) is 0 Å². The monoisotopic (exact) mass is 168 g/mol. The Bertz CT molecular complexity index is 251. The van der Waals surface area contributed by atoms with Gasteiger partial charge in [-0.25, -0.2) is 0 Å². The van der Waals surface area contributed by atoms with Crippen LogP contribution in [0.1, 0.15) is 26.0 Å². The standard InChI is InChI=1S/C8H16N4/c1-8(2,4-5-9)7-6-10-11-12(7)3/h6H,4-5,9H2,1-3H3. The van der Waals surface area contributed by atoms with Gasteiger partial charge >= 0.3 is 0 Å². The van der Waals surface area contributed by atoms with Crippen molar-refractivity contribution in [2.75, 3.05) is 6.54 Å². The van der Waals surface area contributed by atoms with Gasteiger partial charge in [-0.1, -0.05) is 19.1 Å². The third kappa shape index (κ3) is 1.64. The van der Waals surface area contributed by atoms with E-state index < -0.39 is 0 Å². The molecule has 0 aromatic carbocycles. The minimum atomic E-state index is 0.0764. The number of rotatable bonds is 3. The SMILES string of the molecule is Cn1nncc1C(C)(C)CCN. The number of nitrogens with two attached hydrogens (primary N) is 1. The molecule has 0 unspecified atom stereocenters. The Balaban J connectivity index is 2.88. The van der Waals surface area contributed by atoms with Crippen LogP contribution in [0.2, 0.25) is 0 Å². The maximum Gasteiger partial charge on any atom is 0.0730 e. The quantitative estimate of drug-likeness (QED) is 0.712. The van der Waals surface area contributed by atoms with Crippen LogP contribution in [0.15, 0.2) is 6.20 Å². The zero-order valence-corrected chi connectivity index (χ0v) is 7.91. The third-order valence-electron chi connectivity index (χ3n) is 2.18. The molecule has 0 aliphatic rings. The van der Waals surface area contributed by atoms with Crippen LogP contribution in [0, 0.1) is 0 Å². The second-order valence-corrected chi connectivity index (χ2v) is 3.67. The van der Waals surface area contributed by atoms with Gasteiger partial charge < -0.3 is 5.73 Å². The van der Waals surface area contributed by atoms with Crippen LogP contribution in [0.25, 0.3) is 0 Å². The maximum atomic E-state index is 5.52. The van der Waals surface area contributed by atoms with Gasteiger partial charge in [-0.3, -0.25) is 4.68 Å². The molecule has 12 heavy (non-hydrogen) atoms. The summed E-state index contributed by atoms with van der Waals surface area (Å²) < 4.78 is 1.80. The molecule has 4 heteroatoms. The normalized spacial score (nSPS) is 12.0. The number of aromatic nitrogens is 3. The van der Waals surface area contributed by atoms with E-state index in [2.05, 4.69) is 24.2 Å². The summed E-state index contributed by atoms with van der Waals surface area (Å²) in [5.41, 5.74) is 6.73. The average molecular weight is 168 g/mol. The molecule has 0 saturated heterocycles. The van der Waals surface area contributed by atoms with Crippen molar-refractivity contribution in [2.45, 2.75) is 25.7 Å². The smallest absolute Gasteiger partial charge is 0.0730 e. The van der Waals surface area contributed by atoms with Gasteiger partial charge in [0, 0.05) is 12.5 Å². The largest absolute Gasteiger partial charge is 0.330 e. The van der Waals surface area contributed by atoms with E-state index in [0.717, 1.165) is 12.1 Å². The van der Waals surface area contributed by atoms with E-state index in [1.165, 1.54) is 0 Å². The van der Waals surface area contributed by atoms with E-state index in [0.29, 0.717) is 6.54 Å². The average Bonchev–Trinajstić information content (AvgIpc) is 2.35. The summed E-state index contributed by atoms with van der Waals surface area (Å²) >= 11 is 0. The molecule has 4 nitrogen and oxygen atoms in total. The second kappa shape index (κ2) is 3.23. The lowest BCUT2D eigenvalue weighted by Gasteiger charge is -2.22. The van der Waals surface area contributed by atoms with Gasteiger partial charge in [0.05, 0.1) is 11.9 Å². The van der Waals surface area contributed by atoms with Crippen molar-refractivity contribution < 1.29 is 0 Å². The Morgan fingerprint density at radius 2 is 2.25 bits per heavy atom. The van der Waals surface area contributed by atoms with Gasteiger partial charge in [0.25, 0.3) is 0 Å². The summed E-state index contributed by atoms with van der Waals surface area (Å²) in [6, 6.07) is 0. The molecule has 0 amide bonds. The lowest BCUT2D eigenvalue weighted by atomic mass is 9.86. The molecule has 1 aromatic heterocycles. The molecule has 1 rings (SSSR count). The summed E-state index contributed by atoms with van der Waals surface area (Å²) in [4.78, 5) is 0. The summed E-state index contributed by atoms with van der Waals surface area (Å²) in [5, 5.41) is 7.73. The van der Waals surface area contributed by atoms with Crippen molar-refractivity contribution in [1.29, 1.82) is 0 Å². The van der Waals surface area contributed by atoms with Gasteiger partial charge in [0.1, 0.15) is 0 Å². The lowest BCUT2D eigenvalue weighted by molar-refractivity contribution is 0.446. The number of hydrogen-bond donors (Lipinski definition) is 1. The van der Waals surface area contributed by atoms with Crippen LogP contribution >= 0.6 is 0 Å². The zero-order chi connectivity index (χ0) is 9.19. The van der Waals surface area contributed by atoms with Gasteiger partial charge in [-0.15, -0.1) is 5.10 Å². The first-order valence-corrected chi connectivity index (χ1v) is 4.13. The van der Waals surface area contributed by atoms with Crippen LogP contribution in [0.3, 0.4) is 0 Å². The molecule has 68 valence electrons. The molecule has 0 aliphatic carbocycles. The summed E-state index contributed by atoms with van der Waals surface area (Å²) in [6.07, 6.45) is 2.75. The molecule has 0 saturated carbocycles. The molecule has 1 heterocycles. The Kier molecular flexibility index (Phi) is 2.47. The summed E-state index contributed by atoms with van der Waals surface area (Å²) in [7, 11) is 1.90. The predicted molar refractivity (Wildman–Crippen MR) is 47.7 cm³/mol. The van der Waals surface area contributed by atoms with E-state index in [1.807, 2.05) is 7.05 Å². The van der Waals surface area contributed by atoms with Crippen molar-refractivity contribution in [3.8, 4) is 0 Å². The molecule has 0 bridgehead atoms. The van der Waals surface area contributed by atoms with Crippen LogP contribution in [0.4, 0.5) is 0 Å². The lowest BCUT2D eigenvalue weighted by Crippen LogP contribution is -2.24. The maximum absolute atomic E-state index is 5.52. The van der Waals surface area contributed by atoms with Crippen molar-refractivity contribution >= 4 is 0 Å². The Labute approximate surface area is 72.8 Å². The Hall–Kier alpha value is -0.900. The minimum Gasteiger partial charge on any atom is -0.330 e. The molecule has 1 aromatic rings. The molecular formula is C8H16N4. The highest BCUT2D eigenvalue weighted by atomic mass is 15.4. The van der Waals surface area contributed by atoms with E-state index in [9.17, 15) is 0 Å². The van der Waals surface area contributed by atoms with E-state index in [-0.39, 0.29) is 5.41 Å². The van der Waals surface area contributed by atoms with E-state index >= 15 is 0 Å². The van der Waals surface area contributed by atoms with Gasteiger partial charge in [0.2, 0.25) is 0 Å². The van der Waals surface area contributed by atoms with Gasteiger partial charge in [-0.2, -0.15) is 0 Å². The number of hydrogen-bond acceptors (Lipinski definition) is 3. The highest BCUT2D eigenvalue weighted by Gasteiger charge is 2.23. The molecule has 0 radical (unpaired) electrons. The topological polar surface area (TPSA) is 56.7 Å². The van der Waals surface area contributed by atoms with Gasteiger partial charge in [0.15, 0.2) is 0 Å². The third-order valence-corrected chi connectivity index (χ3v) is 2.18. The summed E-state index contributed by atoms with van der Waals surface area (Å²) in [6.45, 7) is 5.00. The van der Waals surface area contributed by atoms with Crippen LogP contribution in [-0.4, -0.2) is 21.5 Å². The van der Waals surface area contributed by atoms with Crippen molar-refractivity contribution in [2.24, 2.45) is 12.8 Å². The molecule has 0 spiro atoms. The first kappa shape index (κ1) is 9.19. The molecule has 0 aliphatic heterocycles. The zero-order valence-electron chi connectivity index (χ0n) is 7.91. The second-order valence-electron chi connectivity index (χ2n) is 3.67.